The van der Waals surface area contributed by atoms with E-state index in [4.69, 9.17) is 18.9 Å². The molecule has 4 aliphatic rings. The second kappa shape index (κ2) is 9.27. The second-order valence-corrected chi connectivity index (χ2v) is 12.2. The first-order chi connectivity index (χ1) is 18.2. The fourth-order valence-electron chi connectivity index (χ4n) is 7.92. The number of Topliss-reactive ketones (excluding diaryl/α,β-unsaturated/α-hetero) is 1. The van der Waals surface area contributed by atoms with Crippen LogP contribution in [0.4, 0.5) is 0 Å². The standard InChI is InChI=1S/C30H36O9/c1-15-14-30(35)23(24(15)38-26(33)18-10-8-7-9-11-18)25(37-17(3)32)21-20(36-16(2)31)13-12-19-22(21)29(6,27(30)34)39-28(19,4)5/h7-13,15,19-25,35H,14H2,1-6H3/t15-,19?,20?,21?,22+,23+,24-,25-,29-,30+/m0/s1. The molecule has 2 saturated carbocycles. The molecule has 0 bridgehead atoms. The Bertz CT molecular complexity index is 1220. The Balaban J connectivity index is 1.68. The summed E-state index contributed by atoms with van der Waals surface area (Å²) in [4.78, 5) is 52.4. The molecule has 3 fully saturated rings. The Morgan fingerprint density at radius 2 is 1.56 bits per heavy atom. The van der Waals surface area contributed by atoms with Crippen LogP contribution in [0.25, 0.3) is 0 Å². The number of aliphatic hydroxyl groups is 1. The number of ketones is 1. The first-order valence-electron chi connectivity index (χ1n) is 13.5. The average Bonchev–Trinajstić information content (AvgIpc) is 3.21. The molecule has 9 nitrogen and oxygen atoms in total. The fraction of sp³-hybridized carbons (Fsp3) is 0.600. The zero-order valence-corrected chi connectivity index (χ0v) is 23.1. The molecule has 210 valence electrons. The molecule has 1 aliphatic heterocycles. The third kappa shape index (κ3) is 4.21. The van der Waals surface area contributed by atoms with Crippen molar-refractivity contribution >= 4 is 23.7 Å². The van der Waals surface area contributed by atoms with Crippen LogP contribution < -0.4 is 0 Å². The van der Waals surface area contributed by atoms with Gasteiger partial charge in [0.05, 0.1) is 17.1 Å². The highest BCUT2D eigenvalue weighted by Crippen LogP contribution is 2.62. The maximum atomic E-state index is 14.5. The van der Waals surface area contributed by atoms with Gasteiger partial charge in [0.1, 0.15) is 29.5 Å². The van der Waals surface area contributed by atoms with Crippen LogP contribution in [0, 0.1) is 29.6 Å². The van der Waals surface area contributed by atoms with Crippen LogP contribution in [0.1, 0.15) is 58.3 Å². The lowest BCUT2D eigenvalue weighted by Gasteiger charge is -2.44. The Hall–Kier alpha value is -3.04. The number of rotatable bonds is 4. The van der Waals surface area contributed by atoms with E-state index in [1.54, 1.807) is 50.3 Å². The molecule has 1 N–H and O–H groups in total. The summed E-state index contributed by atoms with van der Waals surface area (Å²) in [6.45, 7) is 9.75. The van der Waals surface area contributed by atoms with Gasteiger partial charge in [-0.3, -0.25) is 14.4 Å². The van der Waals surface area contributed by atoms with Crippen LogP contribution in [0.15, 0.2) is 42.5 Å². The molecule has 3 aliphatic carbocycles. The first-order valence-corrected chi connectivity index (χ1v) is 13.5. The van der Waals surface area contributed by atoms with E-state index in [1.165, 1.54) is 13.8 Å². The summed E-state index contributed by atoms with van der Waals surface area (Å²) in [7, 11) is 0. The van der Waals surface area contributed by atoms with Gasteiger partial charge in [-0.1, -0.05) is 31.2 Å². The van der Waals surface area contributed by atoms with E-state index in [-0.39, 0.29) is 12.3 Å². The van der Waals surface area contributed by atoms with Crippen molar-refractivity contribution in [3.63, 3.8) is 0 Å². The van der Waals surface area contributed by atoms with E-state index < -0.39 is 82.5 Å². The Morgan fingerprint density at radius 3 is 2.18 bits per heavy atom. The minimum atomic E-state index is -2.03. The van der Waals surface area contributed by atoms with Crippen LogP contribution >= 0.6 is 0 Å². The van der Waals surface area contributed by atoms with Crippen molar-refractivity contribution in [3.8, 4) is 0 Å². The van der Waals surface area contributed by atoms with Gasteiger partial charge < -0.3 is 24.1 Å². The second-order valence-electron chi connectivity index (χ2n) is 12.2. The molecule has 1 aromatic carbocycles. The van der Waals surface area contributed by atoms with Gasteiger partial charge in [-0.05, 0) is 51.3 Å². The largest absolute Gasteiger partial charge is 0.462 e. The predicted molar refractivity (Wildman–Crippen MR) is 137 cm³/mol. The van der Waals surface area contributed by atoms with Crippen molar-refractivity contribution in [3.05, 3.63) is 48.0 Å². The van der Waals surface area contributed by atoms with Crippen molar-refractivity contribution < 1.29 is 43.2 Å². The van der Waals surface area contributed by atoms with Crippen molar-refractivity contribution in [2.75, 3.05) is 0 Å². The normalized spacial score (nSPS) is 41.7. The topological polar surface area (TPSA) is 125 Å². The molecule has 0 radical (unpaired) electrons. The van der Waals surface area contributed by atoms with E-state index in [2.05, 4.69) is 0 Å². The molecule has 1 heterocycles. The number of carbonyl (C=O) groups excluding carboxylic acids is 4. The average molecular weight is 541 g/mol. The van der Waals surface area contributed by atoms with Crippen LogP contribution in [0.2, 0.25) is 0 Å². The van der Waals surface area contributed by atoms with Gasteiger partial charge in [0.2, 0.25) is 0 Å². The van der Waals surface area contributed by atoms with Gasteiger partial charge in [0.25, 0.3) is 0 Å². The van der Waals surface area contributed by atoms with Crippen LogP contribution in [0.5, 0.6) is 0 Å². The molecule has 3 unspecified atom stereocenters. The van der Waals surface area contributed by atoms with Crippen LogP contribution in [0.3, 0.4) is 0 Å². The molecule has 9 heteroatoms. The SMILES string of the molecule is CC(=O)OC1C=CC2[C@@H]3C1[C@H](OC(C)=O)[C@H]1[C@@H](OC(=O)c4ccccc4)[C@@H](C)C[C@]1(O)C(=O)[C@@]3(C)OC2(C)C. The summed E-state index contributed by atoms with van der Waals surface area (Å²) < 4.78 is 24.2. The number of hydrogen-bond acceptors (Lipinski definition) is 9. The van der Waals surface area contributed by atoms with Gasteiger partial charge in [-0.2, -0.15) is 0 Å². The van der Waals surface area contributed by atoms with Crippen molar-refractivity contribution in [1.29, 1.82) is 0 Å². The van der Waals surface area contributed by atoms with E-state index in [0.717, 1.165) is 0 Å². The van der Waals surface area contributed by atoms with Gasteiger partial charge in [-0.25, -0.2) is 4.79 Å². The summed E-state index contributed by atoms with van der Waals surface area (Å²) in [5, 5.41) is 12.3. The summed E-state index contributed by atoms with van der Waals surface area (Å²) in [6.07, 6.45) is 0.680. The van der Waals surface area contributed by atoms with Gasteiger partial charge in [-0.15, -0.1) is 0 Å². The lowest BCUT2D eigenvalue weighted by Crippen LogP contribution is -2.57. The van der Waals surface area contributed by atoms with Gasteiger partial charge in [0, 0.05) is 31.6 Å². The number of benzene rings is 1. The van der Waals surface area contributed by atoms with Crippen LogP contribution in [-0.4, -0.2) is 63.9 Å². The quantitative estimate of drug-likeness (QED) is 0.348. The lowest BCUT2D eigenvalue weighted by atomic mass is 9.63. The minimum absolute atomic E-state index is 0.0177. The van der Waals surface area contributed by atoms with Gasteiger partial charge >= 0.3 is 17.9 Å². The highest BCUT2D eigenvalue weighted by molar-refractivity contribution is 5.97. The van der Waals surface area contributed by atoms with E-state index in [0.29, 0.717) is 5.56 Å². The number of carbonyl (C=O) groups is 4. The minimum Gasteiger partial charge on any atom is -0.462 e. The van der Waals surface area contributed by atoms with E-state index in [9.17, 15) is 24.3 Å². The Morgan fingerprint density at radius 1 is 0.923 bits per heavy atom. The molecule has 39 heavy (non-hydrogen) atoms. The summed E-state index contributed by atoms with van der Waals surface area (Å²) in [5.74, 6) is -5.52. The zero-order valence-electron chi connectivity index (χ0n) is 23.1. The highest BCUT2D eigenvalue weighted by Gasteiger charge is 2.75. The maximum absolute atomic E-state index is 14.5. The predicted octanol–water partition coefficient (Wildman–Crippen LogP) is 3.03. The third-order valence-corrected chi connectivity index (χ3v) is 9.14. The molecule has 1 aromatic rings. The Labute approximate surface area is 227 Å². The summed E-state index contributed by atoms with van der Waals surface area (Å²) >= 11 is 0. The molecule has 0 amide bonds. The summed E-state index contributed by atoms with van der Waals surface area (Å²) in [5.41, 5.74) is -3.99. The maximum Gasteiger partial charge on any atom is 0.338 e. The molecular formula is C30H36O9. The van der Waals surface area contributed by atoms with Crippen molar-refractivity contribution in [1.82, 2.24) is 0 Å². The molecule has 0 spiro atoms. The zero-order chi connectivity index (χ0) is 28.5. The number of hydrogen-bond donors (Lipinski definition) is 1. The van der Waals surface area contributed by atoms with Crippen molar-refractivity contribution in [2.45, 2.75) is 83.1 Å². The van der Waals surface area contributed by atoms with Gasteiger partial charge in [0.15, 0.2) is 5.78 Å². The third-order valence-electron chi connectivity index (χ3n) is 9.14. The molecule has 1 saturated heterocycles. The number of esters is 3. The van der Waals surface area contributed by atoms with Crippen molar-refractivity contribution in [2.24, 2.45) is 29.6 Å². The molecule has 0 aromatic heterocycles. The monoisotopic (exact) mass is 540 g/mol. The smallest absolute Gasteiger partial charge is 0.338 e. The van der Waals surface area contributed by atoms with E-state index >= 15 is 0 Å². The number of ether oxygens (including phenoxy) is 4. The van der Waals surface area contributed by atoms with Crippen LogP contribution in [-0.2, 0) is 33.3 Å². The molecule has 5 rings (SSSR count). The summed E-state index contributed by atoms with van der Waals surface area (Å²) in [6, 6.07) is 8.43. The first kappa shape index (κ1) is 27.5. The molecular weight excluding hydrogens is 504 g/mol. The highest BCUT2D eigenvalue weighted by atomic mass is 16.6. The van der Waals surface area contributed by atoms with E-state index in [1.807, 2.05) is 19.9 Å². The molecule has 10 atom stereocenters. The Kier molecular flexibility index (Phi) is 6.54. The lowest BCUT2D eigenvalue weighted by molar-refractivity contribution is -0.180. The number of fused-ring (bicyclic) bond motifs is 1. The fourth-order valence-corrected chi connectivity index (χ4v) is 7.92.